The van der Waals surface area contributed by atoms with E-state index in [4.69, 9.17) is 26.3 Å². The van der Waals surface area contributed by atoms with Crippen molar-refractivity contribution in [2.75, 3.05) is 13.1 Å². The van der Waals surface area contributed by atoms with Crippen LogP contribution in [0, 0.1) is 5.82 Å². The highest BCUT2D eigenvalue weighted by Crippen LogP contribution is 2.30. The average Bonchev–Trinajstić information content (AvgIpc) is 3.26. The molecule has 0 saturated carbocycles. The molecule has 2 aromatic heterocycles. The Morgan fingerprint density at radius 3 is 2.63 bits per heavy atom. The summed E-state index contributed by atoms with van der Waals surface area (Å²) in [4.78, 5) is 23.4. The maximum Gasteiger partial charge on any atom is 0.335 e. The zero-order chi connectivity index (χ0) is 26.8. The van der Waals surface area contributed by atoms with E-state index in [1.165, 1.54) is 6.07 Å². The van der Waals surface area contributed by atoms with Gasteiger partial charge in [0.1, 0.15) is 18.2 Å². The first kappa shape index (κ1) is 26.1. The first-order chi connectivity index (χ1) is 18.3. The number of rotatable bonds is 8. The fourth-order valence-corrected chi connectivity index (χ4v) is 5.24. The summed E-state index contributed by atoms with van der Waals surface area (Å²) in [5.41, 5.74) is 3.34. The number of hydrogen-bond acceptors (Lipinski definition) is 5. The quantitative estimate of drug-likeness (QED) is 0.278. The minimum Gasteiger partial charge on any atom is -0.478 e. The molecule has 1 saturated heterocycles. The number of likely N-dealkylation sites (tertiary alicyclic amines) is 1. The first-order valence-electron chi connectivity index (χ1n) is 12.8. The van der Waals surface area contributed by atoms with Crippen LogP contribution in [0.1, 0.15) is 66.1 Å². The molecule has 0 amide bonds. The van der Waals surface area contributed by atoms with Crippen molar-refractivity contribution < 1.29 is 19.0 Å². The Bertz CT molecular complexity index is 1460. The SMILES string of the molecule is CC(C)n1c(CN2CCC(c3cccc(OCc4ccc(Cl)cc4F)n3)CC2)nc2ccc(C(=O)O)cc21. The lowest BCUT2D eigenvalue weighted by molar-refractivity contribution is 0.0697. The lowest BCUT2D eigenvalue weighted by Crippen LogP contribution is -2.33. The minimum atomic E-state index is -0.938. The van der Waals surface area contributed by atoms with Crippen LogP contribution in [0.15, 0.2) is 54.6 Å². The molecule has 1 N–H and O–H groups in total. The number of pyridine rings is 1. The van der Waals surface area contributed by atoms with Crippen molar-refractivity contribution >= 4 is 28.6 Å². The molecule has 2 aromatic carbocycles. The van der Waals surface area contributed by atoms with Crippen LogP contribution in [0.25, 0.3) is 11.0 Å². The summed E-state index contributed by atoms with van der Waals surface area (Å²) in [6, 6.07) is 15.5. The smallest absolute Gasteiger partial charge is 0.335 e. The largest absolute Gasteiger partial charge is 0.478 e. The van der Waals surface area contributed by atoms with Gasteiger partial charge in [-0.1, -0.05) is 23.7 Å². The van der Waals surface area contributed by atoms with E-state index in [9.17, 15) is 14.3 Å². The van der Waals surface area contributed by atoms with Gasteiger partial charge in [-0.05, 0) is 76.2 Å². The molecule has 198 valence electrons. The van der Waals surface area contributed by atoms with Crippen molar-refractivity contribution in [2.45, 2.75) is 51.8 Å². The number of imidazole rings is 1. The van der Waals surface area contributed by atoms with Crippen LogP contribution >= 0.6 is 11.6 Å². The molecule has 1 aliphatic rings. The van der Waals surface area contributed by atoms with E-state index in [2.05, 4.69) is 23.3 Å². The third kappa shape index (κ3) is 5.66. The van der Waals surface area contributed by atoms with Gasteiger partial charge in [-0.3, -0.25) is 4.90 Å². The van der Waals surface area contributed by atoms with Gasteiger partial charge in [0, 0.05) is 34.3 Å². The summed E-state index contributed by atoms with van der Waals surface area (Å²) in [5.74, 6) is 0.398. The number of nitrogens with zero attached hydrogens (tertiary/aromatic N) is 4. The van der Waals surface area contributed by atoms with Crippen LogP contribution in [0.4, 0.5) is 4.39 Å². The number of ether oxygens (including phenoxy) is 1. The predicted molar refractivity (Wildman–Crippen MR) is 144 cm³/mol. The average molecular weight is 537 g/mol. The highest BCUT2D eigenvalue weighted by Gasteiger charge is 2.24. The Morgan fingerprint density at radius 1 is 1.13 bits per heavy atom. The number of piperidine rings is 1. The molecule has 9 heteroatoms. The third-order valence-electron chi connectivity index (χ3n) is 7.03. The lowest BCUT2D eigenvalue weighted by atomic mass is 9.93. The molecule has 1 fully saturated rings. The van der Waals surface area contributed by atoms with Gasteiger partial charge >= 0.3 is 5.97 Å². The van der Waals surface area contributed by atoms with E-state index < -0.39 is 11.8 Å². The van der Waals surface area contributed by atoms with Gasteiger partial charge in [-0.15, -0.1) is 0 Å². The van der Waals surface area contributed by atoms with E-state index in [1.54, 1.807) is 36.4 Å². The second-order valence-corrected chi connectivity index (χ2v) is 10.4. The van der Waals surface area contributed by atoms with Crippen LogP contribution in [0.3, 0.4) is 0 Å². The number of benzene rings is 2. The highest BCUT2D eigenvalue weighted by atomic mass is 35.5. The van der Waals surface area contributed by atoms with E-state index in [0.717, 1.165) is 48.5 Å². The van der Waals surface area contributed by atoms with Gasteiger partial charge in [-0.2, -0.15) is 0 Å². The molecule has 1 aliphatic heterocycles. The molecule has 3 heterocycles. The second-order valence-electron chi connectivity index (χ2n) is 9.98. The van der Waals surface area contributed by atoms with Gasteiger partial charge in [-0.25, -0.2) is 19.2 Å². The van der Waals surface area contributed by atoms with Gasteiger partial charge < -0.3 is 14.4 Å². The standard InChI is InChI=1S/C29H30ClFN4O3/c1-18(2)35-26-14-20(29(36)37)7-9-25(26)32-27(35)16-34-12-10-19(11-13-34)24-4-3-5-28(33-24)38-17-21-6-8-22(30)15-23(21)31/h3-9,14-15,18-19H,10-13,16-17H2,1-2H3,(H,36,37). The summed E-state index contributed by atoms with van der Waals surface area (Å²) in [5, 5.41) is 9.76. The summed E-state index contributed by atoms with van der Waals surface area (Å²) in [7, 11) is 0. The van der Waals surface area contributed by atoms with Crippen molar-refractivity contribution in [2.24, 2.45) is 0 Å². The molecule has 0 radical (unpaired) electrons. The first-order valence-corrected chi connectivity index (χ1v) is 13.2. The Balaban J connectivity index is 1.23. The summed E-state index contributed by atoms with van der Waals surface area (Å²) >= 11 is 5.83. The number of halogens is 2. The number of aromatic nitrogens is 3. The lowest BCUT2D eigenvalue weighted by Gasteiger charge is -2.31. The number of carboxylic acid groups (broad SMARTS) is 1. The van der Waals surface area contributed by atoms with Crippen molar-refractivity contribution in [1.29, 1.82) is 0 Å². The van der Waals surface area contributed by atoms with E-state index in [1.807, 2.05) is 12.1 Å². The van der Waals surface area contributed by atoms with Crippen LogP contribution in [0.5, 0.6) is 5.88 Å². The van der Waals surface area contributed by atoms with Crippen molar-refractivity contribution in [1.82, 2.24) is 19.4 Å². The van der Waals surface area contributed by atoms with Gasteiger partial charge in [0.05, 0.1) is 23.1 Å². The van der Waals surface area contributed by atoms with Gasteiger partial charge in [0.2, 0.25) is 5.88 Å². The van der Waals surface area contributed by atoms with Crippen LogP contribution in [-0.2, 0) is 13.2 Å². The molecule has 0 atom stereocenters. The number of carboxylic acids is 1. The Hall–Kier alpha value is -3.49. The predicted octanol–water partition coefficient (Wildman–Crippen LogP) is 6.46. The summed E-state index contributed by atoms with van der Waals surface area (Å²) in [6.07, 6.45) is 1.90. The maximum atomic E-state index is 14.1. The van der Waals surface area contributed by atoms with Crippen LogP contribution in [-0.4, -0.2) is 43.6 Å². The van der Waals surface area contributed by atoms with E-state index in [0.29, 0.717) is 28.9 Å². The zero-order valence-corrected chi connectivity index (χ0v) is 22.2. The number of hydrogen-bond donors (Lipinski definition) is 1. The number of fused-ring (bicyclic) bond motifs is 1. The molecule has 0 spiro atoms. The molecule has 7 nitrogen and oxygen atoms in total. The minimum absolute atomic E-state index is 0.0860. The second kappa shape index (κ2) is 11.1. The normalized spacial score (nSPS) is 14.9. The summed E-state index contributed by atoms with van der Waals surface area (Å²) < 4.78 is 22.0. The number of carbonyl (C=O) groups is 1. The molecular weight excluding hydrogens is 507 g/mol. The molecular formula is C29H30ClFN4O3. The monoisotopic (exact) mass is 536 g/mol. The maximum absolute atomic E-state index is 14.1. The van der Waals surface area contributed by atoms with Crippen LogP contribution < -0.4 is 4.74 Å². The fraction of sp³-hybridized carbons (Fsp3) is 0.345. The topological polar surface area (TPSA) is 80.5 Å². The molecule has 5 rings (SSSR count). The molecule has 0 aliphatic carbocycles. The van der Waals surface area contributed by atoms with Crippen molar-refractivity contribution in [3.8, 4) is 5.88 Å². The van der Waals surface area contributed by atoms with Crippen molar-refractivity contribution in [3.05, 3.63) is 88.1 Å². The van der Waals surface area contributed by atoms with Gasteiger partial charge in [0.25, 0.3) is 0 Å². The Morgan fingerprint density at radius 2 is 1.92 bits per heavy atom. The number of aromatic carboxylic acids is 1. The molecule has 0 unspecified atom stereocenters. The summed E-state index contributed by atoms with van der Waals surface area (Å²) in [6.45, 7) is 6.76. The Labute approximate surface area is 225 Å². The van der Waals surface area contributed by atoms with Crippen molar-refractivity contribution in [3.63, 3.8) is 0 Å². The molecule has 4 aromatic rings. The highest BCUT2D eigenvalue weighted by molar-refractivity contribution is 6.30. The fourth-order valence-electron chi connectivity index (χ4n) is 5.08. The zero-order valence-electron chi connectivity index (χ0n) is 21.4. The van der Waals surface area contributed by atoms with E-state index >= 15 is 0 Å². The van der Waals surface area contributed by atoms with E-state index in [-0.39, 0.29) is 18.2 Å². The molecule has 38 heavy (non-hydrogen) atoms. The third-order valence-corrected chi connectivity index (χ3v) is 7.27. The van der Waals surface area contributed by atoms with Crippen LogP contribution in [0.2, 0.25) is 5.02 Å². The Kier molecular flexibility index (Phi) is 7.63. The molecule has 0 bridgehead atoms. The van der Waals surface area contributed by atoms with Gasteiger partial charge in [0.15, 0.2) is 0 Å².